The van der Waals surface area contributed by atoms with E-state index in [9.17, 15) is 10.1 Å². The minimum absolute atomic E-state index is 0. The molecule has 1 unspecified atom stereocenters. The summed E-state index contributed by atoms with van der Waals surface area (Å²) in [6.07, 6.45) is 0. The third-order valence-electron chi connectivity index (χ3n) is 4.43. The van der Waals surface area contributed by atoms with Gasteiger partial charge in [0.1, 0.15) is 0 Å². The normalized spacial score (nSPS) is 12.1. The van der Waals surface area contributed by atoms with E-state index < -0.39 is 4.92 Å². The Bertz CT molecular complexity index is 991. The number of halogens is 1. The van der Waals surface area contributed by atoms with Gasteiger partial charge in [0.05, 0.1) is 11.0 Å². The van der Waals surface area contributed by atoms with Gasteiger partial charge in [-0.05, 0) is 34.9 Å². The summed E-state index contributed by atoms with van der Waals surface area (Å²) in [5, 5.41) is 19.9. The molecule has 0 saturated carbocycles. The van der Waals surface area contributed by atoms with Crippen molar-refractivity contribution in [2.24, 2.45) is 4.99 Å². The van der Waals surface area contributed by atoms with Gasteiger partial charge in [-0.1, -0.05) is 48.5 Å². The molecule has 0 aliphatic heterocycles. The van der Waals surface area contributed by atoms with Gasteiger partial charge in [0.15, 0.2) is 5.96 Å². The van der Waals surface area contributed by atoms with Crippen molar-refractivity contribution in [2.45, 2.75) is 19.5 Å². The Kier molecular flexibility index (Phi) is 7.74. The van der Waals surface area contributed by atoms with E-state index in [0.29, 0.717) is 12.5 Å². The monoisotopic (exact) mass is 490 g/mol. The summed E-state index contributed by atoms with van der Waals surface area (Å²) in [6.45, 7) is 2.52. The highest BCUT2D eigenvalue weighted by atomic mass is 127. The number of hydrogen-bond donors (Lipinski definition) is 2. The SMILES string of the molecule is CN=C(NCc1cccc([N+](=O)[O-])c1)NC(C)c1ccc2ccccc2c1.I. The van der Waals surface area contributed by atoms with Crippen molar-refractivity contribution in [2.75, 3.05) is 7.05 Å². The van der Waals surface area contributed by atoms with Crippen LogP contribution in [0.25, 0.3) is 10.8 Å². The van der Waals surface area contributed by atoms with E-state index in [1.807, 2.05) is 18.2 Å². The predicted molar refractivity (Wildman–Crippen MR) is 124 cm³/mol. The van der Waals surface area contributed by atoms with Crippen molar-refractivity contribution in [1.82, 2.24) is 10.6 Å². The molecule has 0 aromatic heterocycles. The van der Waals surface area contributed by atoms with Gasteiger partial charge in [-0.25, -0.2) is 0 Å². The number of hydrogen-bond acceptors (Lipinski definition) is 3. The Morgan fingerprint density at radius 2 is 1.82 bits per heavy atom. The van der Waals surface area contributed by atoms with Crippen LogP contribution in [0, 0.1) is 10.1 Å². The molecule has 0 saturated heterocycles. The smallest absolute Gasteiger partial charge is 0.269 e. The van der Waals surface area contributed by atoms with Crippen molar-refractivity contribution < 1.29 is 4.92 Å². The van der Waals surface area contributed by atoms with Crippen LogP contribution in [0.4, 0.5) is 5.69 Å². The van der Waals surface area contributed by atoms with Gasteiger partial charge < -0.3 is 10.6 Å². The van der Waals surface area contributed by atoms with Gasteiger partial charge in [0.2, 0.25) is 0 Å². The number of fused-ring (bicyclic) bond motifs is 1. The Morgan fingerprint density at radius 1 is 1.07 bits per heavy atom. The van der Waals surface area contributed by atoms with E-state index in [2.05, 4.69) is 52.9 Å². The summed E-state index contributed by atoms with van der Waals surface area (Å²) in [4.78, 5) is 14.8. The molecule has 3 rings (SSSR count). The fourth-order valence-electron chi connectivity index (χ4n) is 2.93. The highest BCUT2D eigenvalue weighted by Gasteiger charge is 2.10. The summed E-state index contributed by atoms with van der Waals surface area (Å²) in [5.41, 5.74) is 2.07. The number of nitro groups is 1. The highest BCUT2D eigenvalue weighted by Crippen LogP contribution is 2.20. The summed E-state index contributed by atoms with van der Waals surface area (Å²) in [5.74, 6) is 0.641. The van der Waals surface area contributed by atoms with Crippen molar-refractivity contribution in [1.29, 1.82) is 0 Å². The Hall–Kier alpha value is -2.68. The second kappa shape index (κ2) is 10.0. The molecule has 0 heterocycles. The van der Waals surface area contributed by atoms with Gasteiger partial charge in [-0.3, -0.25) is 15.1 Å². The molecule has 3 aromatic rings. The fraction of sp³-hybridized carbons (Fsp3) is 0.190. The number of nitro benzene ring substituents is 1. The largest absolute Gasteiger partial charge is 0.352 e. The molecule has 0 amide bonds. The molecule has 0 bridgehead atoms. The first-order valence-corrected chi connectivity index (χ1v) is 8.76. The maximum Gasteiger partial charge on any atom is 0.269 e. The third kappa shape index (κ3) is 5.41. The van der Waals surface area contributed by atoms with Gasteiger partial charge in [-0.15, -0.1) is 24.0 Å². The van der Waals surface area contributed by atoms with Crippen LogP contribution in [-0.2, 0) is 6.54 Å². The number of rotatable bonds is 5. The zero-order valence-corrected chi connectivity index (χ0v) is 18.1. The van der Waals surface area contributed by atoms with E-state index in [0.717, 1.165) is 11.1 Å². The van der Waals surface area contributed by atoms with Crippen LogP contribution in [0.15, 0.2) is 71.7 Å². The number of benzene rings is 3. The van der Waals surface area contributed by atoms with E-state index in [1.165, 1.54) is 16.8 Å². The average molecular weight is 490 g/mol. The van der Waals surface area contributed by atoms with Gasteiger partial charge in [0.25, 0.3) is 5.69 Å². The lowest BCUT2D eigenvalue weighted by Crippen LogP contribution is -2.38. The van der Waals surface area contributed by atoms with Crippen LogP contribution in [-0.4, -0.2) is 17.9 Å². The van der Waals surface area contributed by atoms with Crippen molar-refractivity contribution in [3.8, 4) is 0 Å². The molecule has 3 aromatic carbocycles. The molecule has 28 heavy (non-hydrogen) atoms. The second-order valence-corrected chi connectivity index (χ2v) is 6.33. The lowest BCUT2D eigenvalue weighted by Gasteiger charge is -2.19. The zero-order valence-electron chi connectivity index (χ0n) is 15.8. The van der Waals surface area contributed by atoms with Crippen molar-refractivity contribution in [3.05, 3.63) is 88.0 Å². The van der Waals surface area contributed by atoms with Crippen molar-refractivity contribution >= 4 is 46.4 Å². The fourth-order valence-corrected chi connectivity index (χ4v) is 2.93. The van der Waals surface area contributed by atoms with Crippen LogP contribution >= 0.6 is 24.0 Å². The minimum Gasteiger partial charge on any atom is -0.352 e. The van der Waals surface area contributed by atoms with Crippen LogP contribution in [0.5, 0.6) is 0 Å². The molecular weight excluding hydrogens is 467 g/mol. The third-order valence-corrected chi connectivity index (χ3v) is 4.43. The number of non-ortho nitro benzene ring substituents is 1. The van der Waals surface area contributed by atoms with E-state index in [4.69, 9.17) is 0 Å². The molecular formula is C21H23IN4O2. The Labute approximate surface area is 181 Å². The van der Waals surface area contributed by atoms with Gasteiger partial charge in [0, 0.05) is 25.7 Å². The predicted octanol–water partition coefficient (Wildman–Crippen LogP) is 4.79. The molecule has 2 N–H and O–H groups in total. The Balaban J connectivity index is 0.00000280. The molecule has 0 radical (unpaired) electrons. The molecule has 1 atom stereocenters. The van der Waals surface area contributed by atoms with Crippen LogP contribution in [0.2, 0.25) is 0 Å². The van der Waals surface area contributed by atoms with E-state index in [1.54, 1.807) is 19.2 Å². The first-order chi connectivity index (χ1) is 13.1. The molecule has 0 spiro atoms. The zero-order chi connectivity index (χ0) is 19.2. The minimum atomic E-state index is -0.391. The second-order valence-electron chi connectivity index (χ2n) is 6.33. The summed E-state index contributed by atoms with van der Waals surface area (Å²) in [7, 11) is 1.70. The van der Waals surface area contributed by atoms with E-state index in [-0.39, 0.29) is 35.7 Å². The van der Waals surface area contributed by atoms with Gasteiger partial charge in [-0.2, -0.15) is 0 Å². The number of guanidine groups is 1. The van der Waals surface area contributed by atoms with Crippen LogP contribution in [0.3, 0.4) is 0 Å². The quantitative estimate of drug-likeness (QED) is 0.177. The average Bonchev–Trinajstić information content (AvgIpc) is 2.70. The lowest BCUT2D eigenvalue weighted by molar-refractivity contribution is -0.384. The molecule has 146 valence electrons. The summed E-state index contributed by atoms with van der Waals surface area (Å²) in [6, 6.07) is 21.3. The number of nitrogens with zero attached hydrogens (tertiary/aromatic N) is 2. The maximum atomic E-state index is 10.9. The van der Waals surface area contributed by atoms with Crippen LogP contribution < -0.4 is 10.6 Å². The highest BCUT2D eigenvalue weighted by molar-refractivity contribution is 14.0. The lowest BCUT2D eigenvalue weighted by atomic mass is 10.0. The molecule has 0 aliphatic rings. The van der Waals surface area contributed by atoms with E-state index >= 15 is 0 Å². The van der Waals surface area contributed by atoms with Crippen molar-refractivity contribution in [3.63, 3.8) is 0 Å². The van der Waals surface area contributed by atoms with Gasteiger partial charge >= 0.3 is 0 Å². The molecule has 6 nitrogen and oxygen atoms in total. The molecule has 0 fully saturated rings. The summed E-state index contributed by atoms with van der Waals surface area (Å²) >= 11 is 0. The topological polar surface area (TPSA) is 79.6 Å². The first kappa shape index (κ1) is 21.6. The number of nitrogens with one attached hydrogen (secondary N) is 2. The van der Waals surface area contributed by atoms with Crippen LogP contribution in [0.1, 0.15) is 24.1 Å². The standard InChI is InChI=1S/C21H22N4O2.HI/c1-15(18-11-10-17-7-3-4-8-19(17)13-18)24-21(22-2)23-14-16-6-5-9-20(12-16)25(26)27;/h3-13,15H,14H2,1-2H3,(H2,22,23,24);1H. The molecule has 0 aliphatic carbocycles. The summed E-state index contributed by atoms with van der Waals surface area (Å²) < 4.78 is 0. The number of aliphatic imine (C=N–C) groups is 1. The first-order valence-electron chi connectivity index (χ1n) is 8.76. The Morgan fingerprint density at radius 3 is 2.54 bits per heavy atom. The molecule has 7 heteroatoms. The maximum absolute atomic E-state index is 10.9.